The molecule has 5 aliphatic rings. The van der Waals surface area contributed by atoms with Crippen LogP contribution in [0.4, 0.5) is 0 Å². The van der Waals surface area contributed by atoms with Crippen LogP contribution in [0.25, 0.3) is 0 Å². The van der Waals surface area contributed by atoms with Crippen LogP contribution in [0.2, 0.25) is 0 Å². The van der Waals surface area contributed by atoms with Crippen LogP contribution in [-0.2, 0) is 36.3 Å². The molecule has 8 nitrogen and oxygen atoms in total. The second-order valence-corrected chi connectivity index (χ2v) is 18.1. The Labute approximate surface area is 290 Å². The Morgan fingerprint density at radius 1 is 0.688 bits per heavy atom. The van der Waals surface area contributed by atoms with E-state index in [4.69, 9.17) is 27.1 Å². The monoisotopic (exact) mass is 708 g/mol. The van der Waals surface area contributed by atoms with Crippen molar-refractivity contribution >= 4 is 15.6 Å². The van der Waals surface area contributed by atoms with Crippen molar-refractivity contribution in [1.82, 2.24) is 0 Å². The minimum Gasteiger partial charge on any atom is -0.400 e. The zero-order valence-corrected chi connectivity index (χ0v) is 31.9. The Kier molecular flexibility index (Phi) is 14.0. The topological polar surface area (TPSA) is 89.5 Å². The summed E-state index contributed by atoms with van der Waals surface area (Å²) >= 11 is 0. The summed E-state index contributed by atoms with van der Waals surface area (Å²) in [5.74, 6) is 0.479. The first-order valence-corrected chi connectivity index (χ1v) is 22.1. The van der Waals surface area contributed by atoms with Gasteiger partial charge in [0.1, 0.15) is 5.76 Å². The van der Waals surface area contributed by atoms with Gasteiger partial charge in [0.2, 0.25) is 0 Å². The summed E-state index contributed by atoms with van der Waals surface area (Å²) in [5, 5.41) is 0. The number of rotatable bonds is 16. The molecule has 48 heavy (non-hydrogen) atoms. The molecule has 272 valence electrons. The highest BCUT2D eigenvalue weighted by molar-refractivity contribution is 7.48. The first-order chi connectivity index (χ1) is 23.1. The summed E-state index contributed by atoms with van der Waals surface area (Å²) in [7, 11) is -7.87. The summed E-state index contributed by atoms with van der Waals surface area (Å²) in [6.07, 6.45) is 28.3. The van der Waals surface area contributed by atoms with E-state index in [-0.39, 0.29) is 30.1 Å². The van der Waals surface area contributed by atoms with Crippen LogP contribution in [0.15, 0.2) is 41.9 Å². The van der Waals surface area contributed by atoms with Crippen molar-refractivity contribution in [1.29, 1.82) is 0 Å². The number of hydrogen-bond acceptors (Lipinski definition) is 8. The predicted molar refractivity (Wildman–Crippen MR) is 190 cm³/mol. The molecule has 0 aliphatic heterocycles. The molecule has 0 N–H and O–H groups in total. The standard InChI is InChI=1S/C38H62O8P2/c1-5-38(6-2,32-19-11-7-12-20-32)46-48(40,43-35-25-17-10-18-26-35)44-36-29-27-31(28-30-36)37(3,4)45-47(39,41-33-21-13-8-14-22-33)42-34-23-15-9-16-24-34/h11,13,19,21,27,31-35H,5-10,12,14-18,20,22-26,28,30H2,1-4H3. The molecule has 0 radical (unpaired) electrons. The van der Waals surface area contributed by atoms with E-state index in [0.29, 0.717) is 31.4 Å². The van der Waals surface area contributed by atoms with Crippen molar-refractivity contribution in [2.75, 3.05) is 0 Å². The van der Waals surface area contributed by atoms with Crippen LogP contribution in [0, 0.1) is 11.8 Å². The van der Waals surface area contributed by atoms with Gasteiger partial charge < -0.3 is 4.52 Å². The molecule has 5 aliphatic carbocycles. The Morgan fingerprint density at radius 3 is 1.81 bits per heavy atom. The molecule has 5 unspecified atom stereocenters. The van der Waals surface area contributed by atoms with Crippen molar-refractivity contribution in [3.05, 3.63) is 41.9 Å². The summed E-state index contributed by atoms with van der Waals surface area (Å²) < 4.78 is 67.2. The molecule has 5 rings (SSSR count). The van der Waals surface area contributed by atoms with Gasteiger partial charge in [0.25, 0.3) is 0 Å². The van der Waals surface area contributed by atoms with E-state index in [9.17, 15) is 9.13 Å². The quantitative estimate of drug-likeness (QED) is 0.0889. The number of phosphoric ester groups is 2. The van der Waals surface area contributed by atoms with Crippen molar-refractivity contribution in [3.8, 4) is 0 Å². The molecule has 5 atom stereocenters. The van der Waals surface area contributed by atoms with Gasteiger partial charge in [-0.25, -0.2) is 9.13 Å². The molecular weight excluding hydrogens is 646 g/mol. The average molecular weight is 709 g/mol. The maximum atomic E-state index is 14.7. The number of phosphoric acid groups is 2. The second kappa shape index (κ2) is 17.5. The van der Waals surface area contributed by atoms with Gasteiger partial charge in [-0.2, -0.15) is 0 Å². The fourth-order valence-electron chi connectivity index (χ4n) is 8.06. The van der Waals surface area contributed by atoms with E-state index in [1.165, 1.54) is 12.8 Å². The fraction of sp³-hybridized carbons (Fsp3) is 0.816. The lowest BCUT2D eigenvalue weighted by Gasteiger charge is -2.41. The van der Waals surface area contributed by atoms with Crippen LogP contribution >= 0.6 is 15.6 Å². The normalized spacial score (nSPS) is 28.8. The molecule has 0 bridgehead atoms. The minimum absolute atomic E-state index is 0.129. The Morgan fingerprint density at radius 2 is 1.29 bits per heavy atom. The lowest BCUT2D eigenvalue weighted by molar-refractivity contribution is -0.0358. The average Bonchev–Trinajstić information content (AvgIpc) is 3.09. The highest BCUT2D eigenvalue weighted by atomic mass is 31.2. The van der Waals surface area contributed by atoms with Crippen molar-refractivity contribution in [3.63, 3.8) is 0 Å². The maximum Gasteiger partial charge on any atom is 0.531 e. The molecule has 0 aromatic carbocycles. The van der Waals surface area contributed by atoms with Crippen LogP contribution in [0.3, 0.4) is 0 Å². The van der Waals surface area contributed by atoms with E-state index in [2.05, 4.69) is 37.8 Å². The molecule has 0 aromatic rings. The van der Waals surface area contributed by atoms with E-state index in [1.54, 1.807) is 0 Å². The fourth-order valence-corrected chi connectivity index (χ4v) is 11.9. The van der Waals surface area contributed by atoms with Gasteiger partial charge in [-0.1, -0.05) is 82.4 Å². The third-order valence-electron chi connectivity index (χ3n) is 11.1. The molecule has 0 aromatic heterocycles. The molecule has 0 heterocycles. The van der Waals surface area contributed by atoms with Crippen LogP contribution in [0.5, 0.6) is 0 Å². The Balaban J connectivity index is 1.33. The second-order valence-electron chi connectivity index (χ2n) is 15.1. The molecule has 0 spiro atoms. The highest BCUT2D eigenvalue weighted by Gasteiger charge is 2.47. The summed E-state index contributed by atoms with van der Waals surface area (Å²) in [6, 6.07) is 0. The zero-order valence-electron chi connectivity index (χ0n) is 30.1. The zero-order chi connectivity index (χ0) is 34.1. The van der Waals surface area contributed by atoms with Crippen LogP contribution in [0.1, 0.15) is 156 Å². The molecule has 10 heteroatoms. The summed E-state index contributed by atoms with van der Waals surface area (Å²) in [5.41, 5.74) is 1.78. The van der Waals surface area contributed by atoms with Crippen molar-refractivity contribution < 1.29 is 36.3 Å². The van der Waals surface area contributed by atoms with E-state index in [1.807, 2.05) is 26.0 Å². The predicted octanol–water partition coefficient (Wildman–Crippen LogP) is 12.2. The summed E-state index contributed by atoms with van der Waals surface area (Å²) in [6.45, 7) is 8.09. The van der Waals surface area contributed by atoms with E-state index < -0.39 is 26.8 Å². The molecule has 2 fully saturated rings. The van der Waals surface area contributed by atoms with Crippen molar-refractivity contribution in [2.24, 2.45) is 11.8 Å². The molecule has 2 saturated carbocycles. The molecule has 0 saturated heterocycles. The first kappa shape index (κ1) is 38.3. The van der Waals surface area contributed by atoms with Gasteiger partial charge in [-0.15, -0.1) is 0 Å². The number of allylic oxidation sites excluding steroid dienone is 2. The lowest BCUT2D eigenvalue weighted by Crippen LogP contribution is -2.39. The van der Waals surface area contributed by atoms with Gasteiger partial charge in [0, 0.05) is 18.3 Å². The van der Waals surface area contributed by atoms with Gasteiger partial charge in [-0.3, -0.25) is 22.6 Å². The molecule has 0 amide bonds. The molecular formula is C38H62O8P2. The summed E-state index contributed by atoms with van der Waals surface area (Å²) in [4.78, 5) is 0. The number of hydrogen-bond donors (Lipinski definition) is 0. The SMILES string of the molecule is CCC(CC)(OP(=O)(OC1=C=CC(C(C)(C)OP(=O)(OC2C=CCCC2)OC2CCCCC2)CC1)OC1CCCCC1)C1C=CCCC1. The van der Waals surface area contributed by atoms with Gasteiger partial charge in [-0.05, 0) is 103 Å². The smallest absolute Gasteiger partial charge is 0.400 e. The highest BCUT2D eigenvalue weighted by Crippen LogP contribution is 2.61. The van der Waals surface area contributed by atoms with Gasteiger partial charge in [0.05, 0.1) is 29.5 Å². The van der Waals surface area contributed by atoms with E-state index in [0.717, 1.165) is 89.9 Å². The van der Waals surface area contributed by atoms with Crippen molar-refractivity contribution in [2.45, 2.75) is 186 Å². The maximum absolute atomic E-state index is 14.7. The first-order valence-electron chi connectivity index (χ1n) is 19.2. The van der Waals surface area contributed by atoms with Crippen LogP contribution in [-0.4, -0.2) is 29.5 Å². The van der Waals surface area contributed by atoms with Gasteiger partial charge >= 0.3 is 15.6 Å². The van der Waals surface area contributed by atoms with Crippen LogP contribution < -0.4 is 0 Å². The van der Waals surface area contributed by atoms with E-state index >= 15 is 0 Å². The van der Waals surface area contributed by atoms with Gasteiger partial charge in [0.15, 0.2) is 0 Å². The lowest BCUT2D eigenvalue weighted by atomic mass is 9.77. The third-order valence-corrected chi connectivity index (χ3v) is 14.5. The minimum atomic E-state index is -3.99. The Bertz CT molecular complexity index is 1250. The third kappa shape index (κ3) is 10.5. The Hall–Kier alpha value is -0.940. The largest absolute Gasteiger partial charge is 0.531 e.